The Bertz CT molecular complexity index is 975. The maximum Gasteiger partial charge on any atom is 0.253 e. The van der Waals surface area contributed by atoms with Crippen LogP contribution in [0, 0.1) is 16.7 Å². The molecule has 166 valence electrons. The van der Waals surface area contributed by atoms with Crippen molar-refractivity contribution >= 4 is 39.1 Å². The Morgan fingerprint density at radius 2 is 1.83 bits per heavy atom. The molecule has 1 aromatic carbocycles. The quantitative estimate of drug-likeness (QED) is 0.716. The molecule has 6 nitrogen and oxygen atoms in total. The van der Waals surface area contributed by atoms with Crippen molar-refractivity contribution in [1.29, 1.82) is 0 Å². The molecule has 3 aliphatic rings. The molecule has 0 spiro atoms. The Morgan fingerprint density at radius 3 is 2.40 bits per heavy atom. The van der Waals surface area contributed by atoms with Crippen LogP contribution in [0.4, 0.5) is 0 Å². The second kappa shape index (κ2) is 7.62. The van der Waals surface area contributed by atoms with E-state index in [0.717, 1.165) is 12.8 Å². The van der Waals surface area contributed by atoms with Gasteiger partial charge in [-0.25, -0.2) is 8.42 Å². The van der Waals surface area contributed by atoms with Gasteiger partial charge in [0.15, 0.2) is 0 Å². The van der Waals surface area contributed by atoms with Crippen LogP contribution in [-0.4, -0.2) is 51.0 Å². The van der Waals surface area contributed by atoms with Crippen molar-refractivity contribution in [1.82, 2.24) is 9.62 Å². The number of benzene rings is 1. The molecule has 0 radical (unpaired) electrons. The van der Waals surface area contributed by atoms with Crippen LogP contribution in [0.25, 0.3) is 0 Å². The number of sulfonamides is 1. The highest BCUT2D eigenvalue weighted by atomic mass is 35.5. The minimum atomic E-state index is -3.85. The molecule has 3 atom stereocenters. The van der Waals surface area contributed by atoms with Crippen molar-refractivity contribution in [3.8, 4) is 0 Å². The highest BCUT2D eigenvalue weighted by molar-refractivity contribution is 7.89. The summed E-state index contributed by atoms with van der Waals surface area (Å²) in [6.45, 7) is 7.95. The first-order valence-corrected chi connectivity index (χ1v) is 12.6. The van der Waals surface area contributed by atoms with Gasteiger partial charge < -0.3 is 10.1 Å². The summed E-state index contributed by atoms with van der Waals surface area (Å²) < 4.78 is 32.7. The van der Waals surface area contributed by atoms with Crippen molar-refractivity contribution in [2.45, 2.75) is 51.0 Å². The zero-order valence-corrected chi connectivity index (χ0v) is 19.8. The first kappa shape index (κ1) is 22.3. The van der Waals surface area contributed by atoms with Crippen LogP contribution in [0.15, 0.2) is 17.0 Å². The molecule has 4 rings (SSSR count). The van der Waals surface area contributed by atoms with Gasteiger partial charge in [-0.2, -0.15) is 4.31 Å². The summed E-state index contributed by atoms with van der Waals surface area (Å²) in [5.41, 5.74) is 0.297. The average molecular weight is 475 g/mol. The van der Waals surface area contributed by atoms with E-state index in [2.05, 4.69) is 26.1 Å². The molecule has 2 saturated carbocycles. The Labute approximate surface area is 188 Å². The number of fused-ring (bicyclic) bond motifs is 2. The minimum Gasteiger partial charge on any atom is -0.379 e. The molecule has 1 amide bonds. The zero-order valence-electron chi connectivity index (χ0n) is 17.5. The van der Waals surface area contributed by atoms with Crippen LogP contribution in [-0.2, 0) is 14.8 Å². The second-order valence-corrected chi connectivity index (χ2v) is 12.1. The lowest BCUT2D eigenvalue weighted by Gasteiger charge is -2.39. The molecule has 2 aliphatic carbocycles. The number of amides is 1. The number of carbonyl (C=O) groups is 1. The highest BCUT2D eigenvalue weighted by Gasteiger charge is 2.61. The molecule has 3 unspecified atom stereocenters. The molecule has 1 aliphatic heterocycles. The van der Waals surface area contributed by atoms with Crippen LogP contribution in [0.2, 0.25) is 10.0 Å². The SMILES string of the molecule is CC1(C)C2CCC1(C)C(NC(=O)c1cc(S(=O)(=O)N3CCOCC3)c(Cl)cc1Cl)C2. The first-order chi connectivity index (χ1) is 14.0. The van der Waals surface area contributed by atoms with E-state index < -0.39 is 10.0 Å². The monoisotopic (exact) mass is 474 g/mol. The third-order valence-corrected chi connectivity index (χ3v) is 10.6. The van der Waals surface area contributed by atoms with E-state index in [0.29, 0.717) is 19.1 Å². The van der Waals surface area contributed by atoms with E-state index in [9.17, 15) is 13.2 Å². The number of hydrogen-bond acceptors (Lipinski definition) is 4. The predicted molar refractivity (Wildman–Crippen MR) is 117 cm³/mol. The number of carbonyl (C=O) groups excluding carboxylic acids is 1. The topological polar surface area (TPSA) is 75.7 Å². The van der Waals surface area contributed by atoms with Crippen LogP contribution >= 0.6 is 23.2 Å². The lowest BCUT2D eigenvalue weighted by Crippen LogP contribution is -2.47. The van der Waals surface area contributed by atoms with Gasteiger partial charge in [0.25, 0.3) is 5.91 Å². The summed E-state index contributed by atoms with van der Waals surface area (Å²) in [6, 6.07) is 2.69. The molecule has 1 heterocycles. The molecule has 3 fully saturated rings. The van der Waals surface area contributed by atoms with Crippen molar-refractivity contribution in [3.63, 3.8) is 0 Å². The molecule has 9 heteroatoms. The highest BCUT2D eigenvalue weighted by Crippen LogP contribution is 2.65. The number of morpholine rings is 1. The Morgan fingerprint density at radius 1 is 1.17 bits per heavy atom. The van der Waals surface area contributed by atoms with E-state index in [1.165, 1.54) is 22.9 Å². The van der Waals surface area contributed by atoms with E-state index >= 15 is 0 Å². The summed E-state index contributed by atoms with van der Waals surface area (Å²) in [5, 5.41) is 3.30. The number of nitrogens with zero attached hydrogens (tertiary/aromatic N) is 1. The molecule has 1 aromatic rings. The van der Waals surface area contributed by atoms with Gasteiger partial charge in [-0.3, -0.25) is 4.79 Å². The standard InChI is InChI=1S/C21H28Cl2N2O4S/c1-20(2)13-4-5-21(20,3)18(10-13)24-19(26)14-11-17(16(23)12-15(14)22)30(27,28)25-6-8-29-9-7-25/h11-13,18H,4-10H2,1-3H3,(H,24,26). The van der Waals surface area contributed by atoms with Gasteiger partial charge in [0.1, 0.15) is 4.90 Å². The lowest BCUT2D eigenvalue weighted by molar-refractivity contribution is 0.0730. The Balaban J connectivity index is 1.62. The van der Waals surface area contributed by atoms with E-state index in [4.69, 9.17) is 27.9 Å². The van der Waals surface area contributed by atoms with Crippen LogP contribution < -0.4 is 5.32 Å². The number of ether oxygens (including phenoxy) is 1. The maximum atomic E-state index is 13.2. The zero-order chi connectivity index (χ0) is 21.9. The van der Waals surface area contributed by atoms with Gasteiger partial charge >= 0.3 is 0 Å². The molecular weight excluding hydrogens is 447 g/mol. The van der Waals surface area contributed by atoms with Gasteiger partial charge in [-0.1, -0.05) is 44.0 Å². The van der Waals surface area contributed by atoms with E-state index in [-0.39, 0.29) is 56.4 Å². The Kier molecular flexibility index (Phi) is 5.68. The average Bonchev–Trinajstić information content (AvgIpc) is 3.02. The smallest absolute Gasteiger partial charge is 0.253 e. The fraction of sp³-hybridized carbons (Fsp3) is 0.667. The third kappa shape index (κ3) is 3.37. The van der Waals surface area contributed by atoms with Crippen molar-refractivity contribution in [3.05, 3.63) is 27.7 Å². The van der Waals surface area contributed by atoms with Gasteiger partial charge in [0, 0.05) is 19.1 Å². The Hall–Kier alpha value is -0.860. The number of hydrogen-bond donors (Lipinski definition) is 1. The number of rotatable bonds is 4. The fourth-order valence-corrected chi connectivity index (χ4v) is 7.73. The first-order valence-electron chi connectivity index (χ1n) is 10.4. The van der Waals surface area contributed by atoms with Crippen molar-refractivity contribution in [2.24, 2.45) is 16.7 Å². The normalized spacial score (nSPS) is 31.1. The van der Waals surface area contributed by atoms with Crippen LogP contribution in [0.3, 0.4) is 0 Å². The second-order valence-electron chi connectivity index (χ2n) is 9.42. The lowest BCUT2D eigenvalue weighted by atomic mass is 9.69. The summed E-state index contributed by atoms with van der Waals surface area (Å²) in [6.07, 6.45) is 3.18. The molecule has 1 N–H and O–H groups in total. The molecule has 30 heavy (non-hydrogen) atoms. The van der Waals surface area contributed by atoms with E-state index in [1.54, 1.807) is 0 Å². The molecule has 0 aromatic heterocycles. The van der Waals surface area contributed by atoms with Crippen LogP contribution in [0.1, 0.15) is 50.4 Å². The van der Waals surface area contributed by atoms with E-state index in [1.807, 2.05) is 0 Å². The van der Waals surface area contributed by atoms with Crippen molar-refractivity contribution < 1.29 is 17.9 Å². The molecule has 1 saturated heterocycles. The molecule has 2 bridgehead atoms. The van der Waals surface area contributed by atoms with Crippen LogP contribution in [0.5, 0.6) is 0 Å². The summed E-state index contributed by atoms with van der Waals surface area (Å²) in [5.74, 6) is 0.218. The predicted octanol–water partition coefficient (Wildman–Crippen LogP) is 3.96. The van der Waals surface area contributed by atoms with Gasteiger partial charge in [-0.05, 0) is 48.1 Å². The van der Waals surface area contributed by atoms with Gasteiger partial charge in [0.2, 0.25) is 10.0 Å². The maximum absolute atomic E-state index is 13.2. The third-order valence-electron chi connectivity index (χ3n) is 7.95. The molecular formula is C21H28Cl2N2O4S. The minimum absolute atomic E-state index is 0.00886. The summed E-state index contributed by atoms with van der Waals surface area (Å²) in [4.78, 5) is 13.1. The largest absolute Gasteiger partial charge is 0.379 e. The summed E-state index contributed by atoms with van der Waals surface area (Å²) >= 11 is 12.6. The number of nitrogens with one attached hydrogen (secondary N) is 1. The number of halogens is 2. The van der Waals surface area contributed by atoms with Gasteiger partial charge in [-0.15, -0.1) is 0 Å². The fourth-order valence-electron chi connectivity index (χ4n) is 5.48. The summed E-state index contributed by atoms with van der Waals surface area (Å²) in [7, 11) is -3.85. The van der Waals surface area contributed by atoms with Crippen molar-refractivity contribution in [2.75, 3.05) is 26.3 Å². The van der Waals surface area contributed by atoms with Gasteiger partial charge in [0.05, 0.1) is 28.8 Å².